The highest BCUT2D eigenvalue weighted by Gasteiger charge is 2.28. The smallest absolute Gasteiger partial charge is 0.394 e. The van der Waals surface area contributed by atoms with E-state index in [0.29, 0.717) is 0 Å². The lowest BCUT2D eigenvalue weighted by Gasteiger charge is -2.33. The Morgan fingerprint density at radius 3 is 2.20 bits per heavy atom. The number of hydrogen-bond donors (Lipinski definition) is 1. The number of hydrogen-bond acceptors (Lipinski definition) is 2. The molecule has 0 radical (unpaired) electrons. The van der Waals surface area contributed by atoms with Gasteiger partial charge in [-0.05, 0) is 31.6 Å². The average molecular weight is 213 g/mol. The van der Waals surface area contributed by atoms with Crippen molar-refractivity contribution in [2.75, 3.05) is 7.05 Å². The third-order valence-corrected chi connectivity index (χ3v) is 3.44. The molecule has 4 nitrogen and oxygen atoms in total. The summed E-state index contributed by atoms with van der Waals surface area (Å²) in [6, 6.07) is 0.122. The third kappa shape index (κ3) is 2.94. The first kappa shape index (κ1) is 12.0. The number of carboxylic acid groups (broad SMARTS) is 1. The fourth-order valence-corrected chi connectivity index (χ4v) is 2.26. The SMILES string of the molecule is CCC1CCC(N(C)C(=O)C(=O)O)CC1. The minimum absolute atomic E-state index is 0.122. The van der Waals surface area contributed by atoms with Crippen molar-refractivity contribution in [3.05, 3.63) is 0 Å². The first-order valence-electron chi connectivity index (χ1n) is 5.56. The van der Waals surface area contributed by atoms with Crippen LogP contribution in [-0.2, 0) is 9.59 Å². The summed E-state index contributed by atoms with van der Waals surface area (Å²) in [5, 5.41) is 8.59. The highest BCUT2D eigenvalue weighted by atomic mass is 16.4. The normalized spacial score (nSPS) is 26.0. The molecule has 0 aromatic carbocycles. The van der Waals surface area contributed by atoms with Crippen LogP contribution in [0.3, 0.4) is 0 Å². The van der Waals surface area contributed by atoms with Gasteiger partial charge in [-0.2, -0.15) is 0 Å². The molecule has 0 bridgehead atoms. The second kappa shape index (κ2) is 5.14. The number of carbonyl (C=O) groups is 2. The lowest BCUT2D eigenvalue weighted by Crippen LogP contribution is -2.42. The fourth-order valence-electron chi connectivity index (χ4n) is 2.26. The van der Waals surface area contributed by atoms with E-state index in [1.165, 1.54) is 11.3 Å². The molecule has 1 aliphatic rings. The van der Waals surface area contributed by atoms with Gasteiger partial charge in [0.2, 0.25) is 0 Å². The Balaban J connectivity index is 2.46. The summed E-state index contributed by atoms with van der Waals surface area (Å²) in [6.07, 6.45) is 5.28. The van der Waals surface area contributed by atoms with Crippen LogP contribution < -0.4 is 0 Å². The summed E-state index contributed by atoms with van der Waals surface area (Å²) >= 11 is 0. The van der Waals surface area contributed by atoms with Gasteiger partial charge in [-0.1, -0.05) is 13.3 Å². The molecular weight excluding hydrogens is 194 g/mol. The van der Waals surface area contributed by atoms with Gasteiger partial charge in [-0.15, -0.1) is 0 Å². The van der Waals surface area contributed by atoms with Crippen molar-refractivity contribution in [2.45, 2.75) is 45.1 Å². The van der Waals surface area contributed by atoms with E-state index in [1.54, 1.807) is 7.05 Å². The molecule has 0 unspecified atom stereocenters. The number of amides is 1. The highest BCUT2D eigenvalue weighted by molar-refractivity contribution is 6.31. The van der Waals surface area contributed by atoms with E-state index in [9.17, 15) is 9.59 Å². The summed E-state index contributed by atoms with van der Waals surface area (Å²) in [5.41, 5.74) is 0. The predicted octanol–water partition coefficient (Wildman–Crippen LogP) is 1.50. The van der Waals surface area contributed by atoms with Crippen molar-refractivity contribution in [3.8, 4) is 0 Å². The highest BCUT2D eigenvalue weighted by Crippen LogP contribution is 2.28. The molecule has 0 heterocycles. The zero-order valence-corrected chi connectivity index (χ0v) is 9.40. The Morgan fingerprint density at radius 1 is 1.27 bits per heavy atom. The number of aliphatic carboxylic acids is 1. The summed E-state index contributed by atoms with van der Waals surface area (Å²) in [6.45, 7) is 2.18. The molecule has 4 heteroatoms. The molecule has 1 amide bonds. The van der Waals surface area contributed by atoms with Crippen LogP contribution in [-0.4, -0.2) is 35.0 Å². The Kier molecular flexibility index (Phi) is 4.12. The number of rotatable bonds is 2. The second-order valence-corrected chi connectivity index (χ2v) is 4.30. The Morgan fingerprint density at radius 2 is 1.80 bits per heavy atom. The first-order chi connectivity index (χ1) is 7.06. The lowest BCUT2D eigenvalue weighted by atomic mass is 9.84. The molecule has 1 saturated carbocycles. The van der Waals surface area contributed by atoms with Crippen LogP contribution >= 0.6 is 0 Å². The van der Waals surface area contributed by atoms with E-state index < -0.39 is 11.9 Å². The lowest BCUT2D eigenvalue weighted by molar-refractivity contribution is -0.156. The monoisotopic (exact) mass is 213 g/mol. The molecule has 0 aliphatic heterocycles. The van der Waals surface area contributed by atoms with Gasteiger partial charge >= 0.3 is 11.9 Å². The van der Waals surface area contributed by atoms with Crippen LogP contribution in [0.5, 0.6) is 0 Å². The van der Waals surface area contributed by atoms with Crippen LogP contribution in [0.2, 0.25) is 0 Å². The molecule has 0 atom stereocenters. The molecule has 0 aromatic rings. The molecular formula is C11H19NO3. The second-order valence-electron chi connectivity index (χ2n) is 4.30. The van der Waals surface area contributed by atoms with Gasteiger partial charge < -0.3 is 10.0 Å². The van der Waals surface area contributed by atoms with E-state index in [0.717, 1.165) is 31.6 Å². The maximum atomic E-state index is 11.2. The molecule has 0 aromatic heterocycles. The number of carbonyl (C=O) groups excluding carboxylic acids is 1. The maximum Gasteiger partial charge on any atom is 0.394 e. The van der Waals surface area contributed by atoms with E-state index in [4.69, 9.17) is 5.11 Å². The topological polar surface area (TPSA) is 57.6 Å². The molecule has 1 rings (SSSR count). The van der Waals surface area contributed by atoms with Crippen LogP contribution in [0, 0.1) is 5.92 Å². The molecule has 1 aliphatic carbocycles. The first-order valence-corrected chi connectivity index (χ1v) is 5.56. The molecule has 15 heavy (non-hydrogen) atoms. The fraction of sp³-hybridized carbons (Fsp3) is 0.818. The van der Waals surface area contributed by atoms with Crippen molar-refractivity contribution < 1.29 is 14.7 Å². The predicted molar refractivity (Wildman–Crippen MR) is 56.4 cm³/mol. The van der Waals surface area contributed by atoms with Crippen molar-refractivity contribution in [3.63, 3.8) is 0 Å². The number of nitrogens with zero attached hydrogens (tertiary/aromatic N) is 1. The largest absolute Gasteiger partial charge is 0.474 e. The van der Waals surface area contributed by atoms with E-state index in [-0.39, 0.29) is 6.04 Å². The molecule has 1 fully saturated rings. The van der Waals surface area contributed by atoms with Crippen LogP contribution in [0.25, 0.3) is 0 Å². The van der Waals surface area contributed by atoms with Crippen LogP contribution in [0.1, 0.15) is 39.0 Å². The Labute approximate surface area is 90.3 Å². The molecule has 0 spiro atoms. The minimum atomic E-state index is -1.35. The molecule has 0 saturated heterocycles. The van der Waals surface area contributed by atoms with Crippen LogP contribution in [0.15, 0.2) is 0 Å². The van der Waals surface area contributed by atoms with Gasteiger partial charge in [0.25, 0.3) is 0 Å². The van der Waals surface area contributed by atoms with Crippen molar-refractivity contribution in [1.82, 2.24) is 4.90 Å². The van der Waals surface area contributed by atoms with Crippen molar-refractivity contribution >= 4 is 11.9 Å². The van der Waals surface area contributed by atoms with Gasteiger partial charge in [0.1, 0.15) is 0 Å². The zero-order valence-electron chi connectivity index (χ0n) is 9.40. The molecule has 1 N–H and O–H groups in total. The summed E-state index contributed by atoms with van der Waals surface area (Å²) in [4.78, 5) is 23.1. The standard InChI is InChI=1S/C11H19NO3/c1-3-8-4-6-9(7-5-8)12(2)10(13)11(14)15/h8-9H,3-7H2,1-2H3,(H,14,15). The van der Waals surface area contributed by atoms with E-state index in [1.807, 2.05) is 0 Å². The summed E-state index contributed by atoms with van der Waals surface area (Å²) in [7, 11) is 1.59. The Bertz CT molecular complexity index is 244. The number of carboxylic acids is 1. The van der Waals surface area contributed by atoms with E-state index in [2.05, 4.69) is 6.92 Å². The average Bonchev–Trinajstić information content (AvgIpc) is 2.27. The zero-order chi connectivity index (χ0) is 11.4. The molecule has 86 valence electrons. The minimum Gasteiger partial charge on any atom is -0.474 e. The van der Waals surface area contributed by atoms with Gasteiger partial charge in [-0.3, -0.25) is 4.79 Å². The van der Waals surface area contributed by atoms with Crippen LogP contribution in [0.4, 0.5) is 0 Å². The van der Waals surface area contributed by atoms with Gasteiger partial charge in [0.15, 0.2) is 0 Å². The van der Waals surface area contributed by atoms with Crippen molar-refractivity contribution in [1.29, 1.82) is 0 Å². The van der Waals surface area contributed by atoms with Gasteiger partial charge in [-0.25, -0.2) is 4.79 Å². The number of likely N-dealkylation sites (N-methyl/N-ethyl adjacent to an activating group) is 1. The van der Waals surface area contributed by atoms with E-state index >= 15 is 0 Å². The maximum absolute atomic E-state index is 11.2. The third-order valence-electron chi connectivity index (χ3n) is 3.44. The van der Waals surface area contributed by atoms with Gasteiger partial charge in [0.05, 0.1) is 0 Å². The summed E-state index contributed by atoms with van der Waals surface area (Å²) in [5.74, 6) is -1.38. The van der Waals surface area contributed by atoms with Crippen molar-refractivity contribution in [2.24, 2.45) is 5.92 Å². The summed E-state index contributed by atoms with van der Waals surface area (Å²) < 4.78 is 0. The quantitative estimate of drug-likeness (QED) is 0.707. The Hall–Kier alpha value is -1.06. The van der Waals surface area contributed by atoms with Gasteiger partial charge in [0, 0.05) is 13.1 Å².